The first-order valence-electron chi connectivity index (χ1n) is 11.2. The molecular weight excluding hydrogens is 436 g/mol. The van der Waals surface area contributed by atoms with Crippen LogP contribution >= 0.6 is 0 Å². The average Bonchev–Trinajstić information content (AvgIpc) is 3.09. The standard InChI is InChI=1S/C26H32N2O6/c1-26(2,3)13-21(23(29)27-22(15-33-4)24(30)31)28-25(32)34-14-20-18-11-7-5-9-16(18)17-10-6-8-12-19(17)20/h5-12,20-22H,13-15H2,1-4H3,(H,27,29)(H,28,32)(H,30,31). The molecule has 0 spiro atoms. The Morgan fingerprint density at radius 2 is 1.50 bits per heavy atom. The lowest BCUT2D eigenvalue weighted by atomic mass is 9.87. The van der Waals surface area contributed by atoms with E-state index in [1.165, 1.54) is 7.11 Å². The van der Waals surface area contributed by atoms with Crippen molar-refractivity contribution in [2.24, 2.45) is 5.41 Å². The van der Waals surface area contributed by atoms with Crippen molar-refractivity contribution in [3.8, 4) is 11.1 Å². The molecular formula is C26H32N2O6. The van der Waals surface area contributed by atoms with E-state index in [9.17, 15) is 19.5 Å². The van der Waals surface area contributed by atoms with Crippen molar-refractivity contribution >= 4 is 18.0 Å². The number of hydrogen-bond donors (Lipinski definition) is 3. The zero-order valence-corrected chi connectivity index (χ0v) is 20.0. The molecule has 0 aliphatic heterocycles. The maximum absolute atomic E-state index is 12.8. The summed E-state index contributed by atoms with van der Waals surface area (Å²) in [6.45, 7) is 5.71. The highest BCUT2D eigenvalue weighted by Gasteiger charge is 2.32. The molecule has 8 nitrogen and oxygen atoms in total. The molecule has 8 heteroatoms. The van der Waals surface area contributed by atoms with E-state index in [2.05, 4.69) is 22.8 Å². The number of aliphatic carboxylic acids is 1. The summed E-state index contributed by atoms with van der Waals surface area (Å²) in [4.78, 5) is 36.9. The monoisotopic (exact) mass is 468 g/mol. The van der Waals surface area contributed by atoms with Crippen LogP contribution in [-0.4, -0.2) is 55.5 Å². The molecule has 2 amide bonds. The summed E-state index contributed by atoms with van der Waals surface area (Å²) in [5.74, 6) is -1.93. The lowest BCUT2D eigenvalue weighted by molar-refractivity contribution is -0.143. The summed E-state index contributed by atoms with van der Waals surface area (Å²) < 4.78 is 10.4. The molecule has 0 saturated carbocycles. The van der Waals surface area contributed by atoms with Crippen molar-refractivity contribution < 1.29 is 29.0 Å². The third-order valence-corrected chi connectivity index (χ3v) is 5.72. The van der Waals surface area contributed by atoms with E-state index in [0.29, 0.717) is 6.42 Å². The van der Waals surface area contributed by atoms with Crippen LogP contribution in [0.3, 0.4) is 0 Å². The molecule has 0 fully saturated rings. The van der Waals surface area contributed by atoms with Gasteiger partial charge < -0.3 is 25.2 Å². The van der Waals surface area contributed by atoms with Gasteiger partial charge in [0.1, 0.15) is 12.6 Å². The lowest BCUT2D eigenvalue weighted by Gasteiger charge is -2.27. The van der Waals surface area contributed by atoms with Crippen molar-refractivity contribution in [3.05, 3.63) is 59.7 Å². The minimum absolute atomic E-state index is 0.105. The van der Waals surface area contributed by atoms with Crippen LogP contribution in [0.25, 0.3) is 11.1 Å². The zero-order valence-electron chi connectivity index (χ0n) is 20.0. The van der Waals surface area contributed by atoms with Gasteiger partial charge in [0.05, 0.1) is 6.61 Å². The molecule has 3 rings (SSSR count). The molecule has 2 aromatic rings. The van der Waals surface area contributed by atoms with E-state index < -0.39 is 30.1 Å². The minimum Gasteiger partial charge on any atom is -0.480 e. The summed E-state index contributed by atoms with van der Waals surface area (Å²) in [7, 11) is 1.35. The second-order valence-electron chi connectivity index (χ2n) is 9.64. The van der Waals surface area contributed by atoms with Crippen molar-refractivity contribution in [2.45, 2.75) is 45.2 Å². The largest absolute Gasteiger partial charge is 0.480 e. The Hall–Kier alpha value is -3.39. The number of rotatable bonds is 9. The van der Waals surface area contributed by atoms with Gasteiger partial charge in [0, 0.05) is 13.0 Å². The Morgan fingerprint density at radius 3 is 2.00 bits per heavy atom. The number of hydrogen-bond acceptors (Lipinski definition) is 5. The summed E-state index contributed by atoms with van der Waals surface area (Å²) >= 11 is 0. The van der Waals surface area contributed by atoms with Crippen molar-refractivity contribution in [1.29, 1.82) is 0 Å². The van der Waals surface area contributed by atoms with Crippen LogP contribution in [-0.2, 0) is 19.1 Å². The number of amides is 2. The first-order valence-corrected chi connectivity index (χ1v) is 11.2. The number of nitrogens with one attached hydrogen (secondary N) is 2. The number of carbonyl (C=O) groups excluding carboxylic acids is 2. The Balaban J connectivity index is 1.69. The molecule has 2 atom stereocenters. The van der Waals surface area contributed by atoms with E-state index in [-0.39, 0.29) is 24.5 Å². The van der Waals surface area contributed by atoms with Crippen LogP contribution < -0.4 is 10.6 Å². The molecule has 3 N–H and O–H groups in total. The van der Waals surface area contributed by atoms with Gasteiger partial charge in [-0.15, -0.1) is 0 Å². The summed E-state index contributed by atoms with van der Waals surface area (Å²) in [6, 6.07) is 13.9. The molecule has 0 heterocycles. The molecule has 0 radical (unpaired) electrons. The number of ether oxygens (including phenoxy) is 2. The summed E-state index contributed by atoms with van der Waals surface area (Å²) in [5.41, 5.74) is 4.11. The Morgan fingerprint density at radius 1 is 0.941 bits per heavy atom. The second kappa shape index (κ2) is 10.7. The van der Waals surface area contributed by atoms with Crippen LogP contribution in [0.15, 0.2) is 48.5 Å². The highest BCUT2D eigenvalue weighted by Crippen LogP contribution is 2.44. The maximum atomic E-state index is 12.8. The molecule has 2 aromatic carbocycles. The lowest BCUT2D eigenvalue weighted by Crippen LogP contribution is -2.54. The Kier molecular flexibility index (Phi) is 7.94. The zero-order chi connectivity index (χ0) is 24.9. The average molecular weight is 469 g/mol. The maximum Gasteiger partial charge on any atom is 0.407 e. The van der Waals surface area contributed by atoms with Gasteiger partial charge in [-0.2, -0.15) is 0 Å². The summed E-state index contributed by atoms with van der Waals surface area (Å²) in [5, 5.41) is 14.4. The number of fused-ring (bicyclic) bond motifs is 3. The smallest absolute Gasteiger partial charge is 0.407 e. The SMILES string of the molecule is COCC(NC(=O)C(CC(C)(C)C)NC(=O)OCC1c2ccccc2-c2ccccc21)C(=O)O. The van der Waals surface area contributed by atoms with E-state index >= 15 is 0 Å². The number of methoxy groups -OCH3 is 1. The quantitative estimate of drug-likeness (QED) is 0.519. The topological polar surface area (TPSA) is 114 Å². The molecule has 34 heavy (non-hydrogen) atoms. The van der Waals surface area contributed by atoms with Crippen LogP contribution in [0.2, 0.25) is 0 Å². The normalized spacial score (nSPS) is 14.5. The van der Waals surface area contributed by atoms with E-state index in [4.69, 9.17) is 9.47 Å². The Labute approximate surface area is 199 Å². The fourth-order valence-electron chi connectivity index (χ4n) is 4.22. The van der Waals surface area contributed by atoms with E-state index in [1.807, 2.05) is 57.2 Å². The molecule has 0 bridgehead atoms. The van der Waals surface area contributed by atoms with Gasteiger partial charge in [-0.25, -0.2) is 9.59 Å². The van der Waals surface area contributed by atoms with E-state index in [0.717, 1.165) is 22.3 Å². The van der Waals surface area contributed by atoms with Crippen LogP contribution in [0.4, 0.5) is 4.79 Å². The first kappa shape index (κ1) is 25.2. The molecule has 2 unspecified atom stereocenters. The number of carboxylic acid groups (broad SMARTS) is 1. The number of alkyl carbamates (subject to hydrolysis) is 1. The van der Waals surface area contributed by atoms with Gasteiger partial charge in [-0.05, 0) is 34.1 Å². The van der Waals surface area contributed by atoms with Crippen LogP contribution in [0.1, 0.15) is 44.2 Å². The fourth-order valence-corrected chi connectivity index (χ4v) is 4.22. The van der Waals surface area contributed by atoms with Crippen molar-refractivity contribution in [1.82, 2.24) is 10.6 Å². The van der Waals surface area contributed by atoms with Crippen LogP contribution in [0, 0.1) is 5.41 Å². The number of carbonyl (C=O) groups is 3. The third-order valence-electron chi connectivity index (χ3n) is 5.72. The van der Waals surface area contributed by atoms with Gasteiger partial charge in [-0.3, -0.25) is 4.79 Å². The summed E-state index contributed by atoms with van der Waals surface area (Å²) in [6.07, 6.45) is -0.438. The number of benzene rings is 2. The third kappa shape index (κ3) is 6.14. The first-order chi connectivity index (χ1) is 16.1. The van der Waals surface area contributed by atoms with Crippen molar-refractivity contribution in [2.75, 3.05) is 20.3 Å². The van der Waals surface area contributed by atoms with Gasteiger partial charge in [0.2, 0.25) is 5.91 Å². The second-order valence-corrected chi connectivity index (χ2v) is 9.64. The van der Waals surface area contributed by atoms with Crippen molar-refractivity contribution in [3.63, 3.8) is 0 Å². The highest BCUT2D eigenvalue weighted by atomic mass is 16.5. The molecule has 182 valence electrons. The van der Waals surface area contributed by atoms with Crippen LogP contribution in [0.5, 0.6) is 0 Å². The molecule has 1 aliphatic carbocycles. The van der Waals surface area contributed by atoms with Gasteiger partial charge in [0.25, 0.3) is 0 Å². The van der Waals surface area contributed by atoms with Gasteiger partial charge >= 0.3 is 12.1 Å². The molecule has 1 aliphatic rings. The number of carboxylic acids is 1. The predicted octanol–water partition coefficient (Wildman–Crippen LogP) is 3.55. The fraction of sp³-hybridized carbons (Fsp3) is 0.423. The van der Waals surface area contributed by atoms with E-state index in [1.54, 1.807) is 0 Å². The molecule has 0 aromatic heterocycles. The highest BCUT2D eigenvalue weighted by molar-refractivity contribution is 5.89. The predicted molar refractivity (Wildman–Crippen MR) is 128 cm³/mol. The van der Waals surface area contributed by atoms with Gasteiger partial charge in [0.15, 0.2) is 6.04 Å². The Bertz CT molecular complexity index is 1000. The minimum atomic E-state index is -1.22. The van der Waals surface area contributed by atoms with Gasteiger partial charge in [-0.1, -0.05) is 69.3 Å². The molecule has 0 saturated heterocycles.